The van der Waals surface area contributed by atoms with Gasteiger partial charge in [-0.05, 0) is 39.0 Å². The summed E-state index contributed by atoms with van der Waals surface area (Å²) in [5.74, 6) is 0. The Kier molecular flexibility index (Phi) is 7.71. The normalized spacial score (nSPS) is 12.3. The largest absolute Gasteiger partial charge is 0.426 e. The summed E-state index contributed by atoms with van der Waals surface area (Å²) >= 11 is 0. The fraction of sp³-hybridized carbons (Fsp3) is 0.0625. The fourth-order valence-corrected chi connectivity index (χ4v) is 18.4. The molecule has 0 spiro atoms. The molecule has 0 heterocycles. The van der Waals surface area contributed by atoms with E-state index in [0.717, 1.165) is 25.9 Å². The van der Waals surface area contributed by atoms with Crippen molar-refractivity contribution in [3.63, 3.8) is 0 Å². The van der Waals surface area contributed by atoms with Gasteiger partial charge in [-0.15, -0.1) is 0 Å². The SMILES string of the molecule is C[Si](C)(O[Si](O)(c1ccccc1)c1ccccc1)O[Si](c1ccccc1)(c1ccccc1)c1ccccc1. The summed E-state index contributed by atoms with van der Waals surface area (Å²) in [5, 5.41) is 5.05. The van der Waals surface area contributed by atoms with Crippen molar-refractivity contribution in [1.82, 2.24) is 0 Å². The molecule has 0 saturated carbocycles. The number of hydrogen-bond acceptors (Lipinski definition) is 3. The van der Waals surface area contributed by atoms with E-state index in [1.165, 1.54) is 0 Å². The summed E-state index contributed by atoms with van der Waals surface area (Å²) in [6.45, 7) is 4.13. The molecule has 5 rings (SSSR count). The van der Waals surface area contributed by atoms with Gasteiger partial charge in [-0.25, -0.2) is 0 Å². The summed E-state index contributed by atoms with van der Waals surface area (Å²) in [4.78, 5) is 12.4. The molecule has 5 aromatic rings. The van der Waals surface area contributed by atoms with Crippen molar-refractivity contribution in [3.8, 4) is 0 Å². The Morgan fingerprint density at radius 3 is 0.947 bits per heavy atom. The molecule has 0 radical (unpaired) electrons. The van der Waals surface area contributed by atoms with E-state index in [0.29, 0.717) is 0 Å². The molecule has 0 aromatic heterocycles. The first kappa shape index (κ1) is 26.2. The zero-order valence-corrected chi connectivity index (χ0v) is 24.7. The molecule has 0 aliphatic rings. The van der Waals surface area contributed by atoms with E-state index in [9.17, 15) is 4.80 Å². The molecule has 0 fully saturated rings. The Morgan fingerprint density at radius 2 is 0.658 bits per heavy atom. The lowest BCUT2D eigenvalue weighted by Gasteiger charge is -2.42. The minimum atomic E-state index is -3.58. The van der Waals surface area contributed by atoms with Crippen LogP contribution in [0.3, 0.4) is 0 Å². The maximum absolute atomic E-state index is 12.4. The van der Waals surface area contributed by atoms with Crippen molar-refractivity contribution in [3.05, 3.63) is 152 Å². The highest BCUT2D eigenvalue weighted by Crippen LogP contribution is 2.21. The van der Waals surface area contributed by atoms with Gasteiger partial charge in [0.15, 0.2) is 0 Å². The molecule has 5 aromatic carbocycles. The number of hydrogen-bond donors (Lipinski definition) is 1. The molecule has 38 heavy (non-hydrogen) atoms. The summed E-state index contributed by atoms with van der Waals surface area (Å²) in [5.41, 5.74) is 0. The number of rotatable bonds is 9. The quantitative estimate of drug-likeness (QED) is 0.226. The number of benzene rings is 5. The van der Waals surface area contributed by atoms with Crippen LogP contribution in [0.2, 0.25) is 13.1 Å². The van der Waals surface area contributed by atoms with Crippen molar-refractivity contribution < 1.29 is 13.0 Å². The van der Waals surface area contributed by atoms with E-state index >= 15 is 0 Å². The fourth-order valence-electron chi connectivity index (χ4n) is 5.05. The second kappa shape index (κ2) is 11.2. The summed E-state index contributed by atoms with van der Waals surface area (Å²) in [6.07, 6.45) is 0. The van der Waals surface area contributed by atoms with Crippen LogP contribution in [0.4, 0.5) is 0 Å². The van der Waals surface area contributed by atoms with Crippen molar-refractivity contribution in [2.24, 2.45) is 0 Å². The first-order valence-corrected chi connectivity index (χ1v) is 19.4. The molecule has 0 aliphatic heterocycles. The zero-order chi connectivity index (χ0) is 26.5. The zero-order valence-electron chi connectivity index (χ0n) is 21.7. The lowest BCUT2D eigenvalue weighted by molar-refractivity contribution is 0.342. The van der Waals surface area contributed by atoms with Gasteiger partial charge < -0.3 is 13.0 Å². The minimum absolute atomic E-state index is 0.807. The predicted octanol–water partition coefficient (Wildman–Crippen LogP) is 3.64. The molecule has 0 atom stereocenters. The van der Waals surface area contributed by atoms with Crippen LogP contribution in [0.5, 0.6) is 0 Å². The van der Waals surface area contributed by atoms with Gasteiger partial charge in [0.05, 0.1) is 0 Å². The molecule has 0 amide bonds. The van der Waals surface area contributed by atoms with Crippen LogP contribution < -0.4 is 25.9 Å². The highest BCUT2D eigenvalue weighted by molar-refractivity contribution is 7.11. The lowest BCUT2D eigenvalue weighted by Crippen LogP contribution is -2.75. The van der Waals surface area contributed by atoms with Gasteiger partial charge in [0.1, 0.15) is 0 Å². The summed E-state index contributed by atoms with van der Waals surface area (Å²) in [6, 6.07) is 51.0. The van der Waals surface area contributed by atoms with Gasteiger partial charge in [0, 0.05) is 0 Å². The Morgan fingerprint density at radius 1 is 0.395 bits per heavy atom. The van der Waals surface area contributed by atoms with Crippen molar-refractivity contribution in [2.75, 3.05) is 0 Å². The maximum atomic E-state index is 12.4. The van der Waals surface area contributed by atoms with Gasteiger partial charge in [-0.1, -0.05) is 152 Å². The van der Waals surface area contributed by atoms with Gasteiger partial charge in [-0.3, -0.25) is 0 Å². The highest BCUT2D eigenvalue weighted by Gasteiger charge is 2.51. The maximum Gasteiger partial charge on any atom is 0.395 e. The molecule has 1 N–H and O–H groups in total. The van der Waals surface area contributed by atoms with Crippen molar-refractivity contribution >= 4 is 51.4 Å². The third-order valence-corrected chi connectivity index (χ3v) is 18.7. The third-order valence-electron chi connectivity index (χ3n) is 6.66. The molecule has 0 unspecified atom stereocenters. The van der Waals surface area contributed by atoms with Crippen molar-refractivity contribution in [2.45, 2.75) is 13.1 Å². The molecule has 190 valence electrons. The second-order valence-electron chi connectivity index (χ2n) is 9.76. The van der Waals surface area contributed by atoms with E-state index < -0.39 is 25.4 Å². The van der Waals surface area contributed by atoms with Crippen LogP contribution in [-0.2, 0) is 8.23 Å². The van der Waals surface area contributed by atoms with Crippen LogP contribution in [0, 0.1) is 0 Å². The first-order valence-electron chi connectivity index (χ1n) is 12.8. The van der Waals surface area contributed by atoms with Crippen LogP contribution >= 0.6 is 0 Å². The van der Waals surface area contributed by atoms with Crippen LogP contribution in [-0.4, -0.2) is 30.2 Å². The Balaban J connectivity index is 1.67. The molecule has 3 nitrogen and oxygen atoms in total. The van der Waals surface area contributed by atoms with E-state index in [-0.39, 0.29) is 0 Å². The summed E-state index contributed by atoms with van der Waals surface area (Å²) < 4.78 is 14.4. The third kappa shape index (κ3) is 5.28. The summed E-state index contributed by atoms with van der Waals surface area (Å²) in [7, 11) is -9.61. The molecule has 0 aliphatic carbocycles. The van der Waals surface area contributed by atoms with Crippen LogP contribution in [0.15, 0.2) is 152 Å². The smallest absolute Gasteiger partial charge is 0.395 e. The monoisotopic (exact) mass is 548 g/mol. The van der Waals surface area contributed by atoms with Gasteiger partial charge >= 0.3 is 17.1 Å². The predicted molar refractivity (Wildman–Crippen MR) is 164 cm³/mol. The topological polar surface area (TPSA) is 38.7 Å². The van der Waals surface area contributed by atoms with E-state index in [1.54, 1.807) is 0 Å². The molecule has 6 heteroatoms. The molecular formula is C32H32O3Si3. The highest BCUT2D eigenvalue weighted by atomic mass is 28.5. The molecule has 0 saturated heterocycles. The standard InChI is InChI=1S/C32H32O3Si3/c1-36(2,35-38(33,31-24-14-6-15-25-31)32-26-16-7-17-27-32)34-37(28-18-8-3-9-19-28,29-20-10-4-11-21-29)30-22-12-5-13-23-30/h3-27,33H,1-2H3. The Bertz CT molecular complexity index is 1300. The molecule has 0 bridgehead atoms. The van der Waals surface area contributed by atoms with Gasteiger partial charge in [0.2, 0.25) is 0 Å². The average molecular weight is 549 g/mol. The van der Waals surface area contributed by atoms with E-state index in [1.807, 2.05) is 78.9 Å². The minimum Gasteiger partial charge on any atom is -0.426 e. The van der Waals surface area contributed by atoms with Crippen LogP contribution in [0.1, 0.15) is 0 Å². The van der Waals surface area contributed by atoms with Crippen molar-refractivity contribution in [1.29, 1.82) is 0 Å². The van der Waals surface area contributed by atoms with E-state index in [2.05, 4.69) is 85.9 Å². The van der Waals surface area contributed by atoms with Gasteiger partial charge in [0.25, 0.3) is 8.32 Å². The second-order valence-corrected chi connectivity index (χ2v) is 19.7. The lowest BCUT2D eigenvalue weighted by atomic mass is 10.3. The van der Waals surface area contributed by atoms with E-state index in [4.69, 9.17) is 8.23 Å². The van der Waals surface area contributed by atoms with Gasteiger partial charge in [-0.2, -0.15) is 0 Å². The Hall–Kier alpha value is -3.37. The first-order chi connectivity index (χ1) is 18.4. The van der Waals surface area contributed by atoms with Crippen LogP contribution in [0.25, 0.3) is 0 Å². The molecular weight excluding hydrogens is 517 g/mol. The average Bonchev–Trinajstić information content (AvgIpc) is 2.98. The Labute approximate surface area is 228 Å².